The normalized spacial score (nSPS) is 20.5. The van der Waals surface area contributed by atoms with Crippen molar-refractivity contribution in [1.29, 1.82) is 0 Å². The Morgan fingerprint density at radius 2 is 2.03 bits per heavy atom. The number of epoxide rings is 1. The molecule has 2 rings (SSSR count). The van der Waals surface area contributed by atoms with Gasteiger partial charge in [-0.05, 0) is 26.2 Å². The number of ketones is 2. The third-order valence-corrected chi connectivity index (χ3v) is 4.89. The summed E-state index contributed by atoms with van der Waals surface area (Å²) in [6.07, 6.45) is -0.480. The fourth-order valence-electron chi connectivity index (χ4n) is 3.15. The molecule has 4 atom stereocenters. The van der Waals surface area contributed by atoms with Crippen LogP contribution < -0.4 is 16.0 Å². The second kappa shape index (κ2) is 10.5. The van der Waals surface area contributed by atoms with Gasteiger partial charge in [-0.15, -0.1) is 0 Å². The van der Waals surface area contributed by atoms with Crippen LogP contribution in [0.4, 0.5) is 5.82 Å². The summed E-state index contributed by atoms with van der Waals surface area (Å²) in [5, 5.41) is 11.6. The molecule has 0 spiro atoms. The number of rotatable bonds is 14. The molecule has 2 amide bonds. The Bertz CT molecular complexity index is 803. The van der Waals surface area contributed by atoms with Gasteiger partial charge in [-0.2, -0.15) is 0 Å². The molecular weight excluding hydrogens is 408 g/mol. The first kappa shape index (κ1) is 24.5. The molecule has 2 heterocycles. The van der Waals surface area contributed by atoms with Crippen molar-refractivity contribution in [3.8, 4) is 0 Å². The molecule has 1 aromatic rings. The van der Waals surface area contributed by atoms with Crippen LogP contribution in [0.5, 0.6) is 0 Å². The van der Waals surface area contributed by atoms with Crippen molar-refractivity contribution in [1.82, 2.24) is 15.8 Å². The van der Waals surface area contributed by atoms with E-state index in [1.54, 1.807) is 19.9 Å². The maximum Gasteiger partial charge on any atom is 0.246 e. The fraction of sp³-hybridized carbons (Fsp3) is 0.650. The smallest absolute Gasteiger partial charge is 0.246 e. The lowest BCUT2D eigenvalue weighted by molar-refractivity contribution is -0.137. The van der Waals surface area contributed by atoms with Gasteiger partial charge in [-0.25, -0.2) is 0 Å². The molecule has 0 bridgehead atoms. The van der Waals surface area contributed by atoms with Crippen LogP contribution in [0.15, 0.2) is 10.6 Å². The van der Waals surface area contributed by atoms with Gasteiger partial charge in [0.1, 0.15) is 23.5 Å². The number of nitrogens with one attached hydrogen (secondary N) is 3. The van der Waals surface area contributed by atoms with Crippen molar-refractivity contribution in [2.24, 2.45) is 5.92 Å². The molecule has 172 valence electrons. The molecule has 0 radical (unpaired) electrons. The van der Waals surface area contributed by atoms with Crippen LogP contribution in [0.3, 0.4) is 0 Å². The molecule has 1 aliphatic heterocycles. The molecule has 11 heteroatoms. The monoisotopic (exact) mass is 438 g/mol. The number of methoxy groups -OCH3 is 1. The Labute approximate surface area is 180 Å². The Hall–Kier alpha value is -2.79. The minimum absolute atomic E-state index is 0.123. The second-order valence-electron chi connectivity index (χ2n) is 8.14. The number of nitrogens with zero attached hydrogens (tertiary/aromatic N) is 1. The summed E-state index contributed by atoms with van der Waals surface area (Å²) >= 11 is 0. The van der Waals surface area contributed by atoms with Crippen molar-refractivity contribution in [2.75, 3.05) is 25.6 Å². The summed E-state index contributed by atoms with van der Waals surface area (Å²) in [6.45, 7) is 7.19. The summed E-state index contributed by atoms with van der Waals surface area (Å²) in [4.78, 5) is 49.2. The van der Waals surface area contributed by atoms with E-state index in [4.69, 9.17) is 14.0 Å². The van der Waals surface area contributed by atoms with Crippen LogP contribution in [0.2, 0.25) is 0 Å². The minimum atomic E-state index is -1.26. The molecule has 3 N–H and O–H groups in total. The zero-order valence-electron chi connectivity index (χ0n) is 18.4. The number of carbonyl (C=O) groups excluding carboxylic acids is 4. The average Bonchev–Trinajstić information content (AvgIpc) is 3.33. The highest BCUT2D eigenvalue weighted by Gasteiger charge is 2.50. The number of Topliss-reactive ketones (excluding diaryl/α,β-unsaturated/α-hetero) is 2. The van der Waals surface area contributed by atoms with Crippen LogP contribution >= 0.6 is 0 Å². The number of aryl methyl sites for hydroxylation is 1. The first-order valence-corrected chi connectivity index (χ1v) is 10.0. The van der Waals surface area contributed by atoms with Crippen molar-refractivity contribution in [3.63, 3.8) is 0 Å². The van der Waals surface area contributed by atoms with Gasteiger partial charge in [0, 0.05) is 13.2 Å². The molecule has 1 aromatic heterocycles. The number of carbonyl (C=O) groups is 4. The Balaban J connectivity index is 2.26. The summed E-state index contributed by atoms with van der Waals surface area (Å²) in [5.74, 6) is -0.551. The molecular formula is C20H30N4O7. The van der Waals surface area contributed by atoms with Crippen molar-refractivity contribution >= 4 is 29.7 Å². The van der Waals surface area contributed by atoms with E-state index < -0.39 is 35.5 Å². The van der Waals surface area contributed by atoms with Crippen molar-refractivity contribution < 1.29 is 33.2 Å². The quantitative estimate of drug-likeness (QED) is 0.269. The molecule has 0 saturated carbocycles. The fourth-order valence-corrected chi connectivity index (χ4v) is 3.15. The molecule has 11 nitrogen and oxygen atoms in total. The number of aromatic nitrogens is 1. The highest BCUT2D eigenvalue weighted by atomic mass is 16.6. The van der Waals surface area contributed by atoms with Gasteiger partial charge >= 0.3 is 0 Å². The van der Waals surface area contributed by atoms with Gasteiger partial charge in [0.15, 0.2) is 17.4 Å². The number of hydrogen-bond donors (Lipinski definition) is 3. The standard InChI is InChI=1S/C20H30N4O7/c1-11(2)6-13(18(27)20(4)9-30-20)22-19(28)16(23-15-7-12(3)31-24-15)17(29-5)14(26)8-21-10-25/h7,10-11,13,16-17H,6,8-9H2,1-5H3,(H,21,25)(H,22,28)(H,23,24)/t13-,16-,17?,20?/m0/s1. The third-order valence-electron chi connectivity index (χ3n) is 4.89. The summed E-state index contributed by atoms with van der Waals surface area (Å²) in [5.41, 5.74) is -0.913. The maximum absolute atomic E-state index is 13.2. The lowest BCUT2D eigenvalue weighted by Crippen LogP contribution is -2.57. The Morgan fingerprint density at radius 3 is 2.52 bits per heavy atom. The molecule has 31 heavy (non-hydrogen) atoms. The van der Waals surface area contributed by atoms with Crippen molar-refractivity contribution in [2.45, 2.75) is 57.9 Å². The van der Waals surface area contributed by atoms with Gasteiger partial charge < -0.3 is 29.9 Å². The van der Waals surface area contributed by atoms with E-state index in [0.29, 0.717) is 25.2 Å². The lowest BCUT2D eigenvalue weighted by atomic mass is 9.93. The summed E-state index contributed by atoms with van der Waals surface area (Å²) < 4.78 is 15.5. The molecule has 1 saturated heterocycles. The first-order valence-electron chi connectivity index (χ1n) is 10.0. The maximum atomic E-state index is 13.2. The van der Waals surface area contributed by atoms with Gasteiger partial charge in [-0.3, -0.25) is 19.2 Å². The molecule has 0 aliphatic carbocycles. The van der Waals surface area contributed by atoms with E-state index in [1.165, 1.54) is 7.11 Å². The van der Waals surface area contributed by atoms with Gasteiger partial charge in [0.25, 0.3) is 0 Å². The van der Waals surface area contributed by atoms with Crippen molar-refractivity contribution in [3.05, 3.63) is 11.8 Å². The predicted octanol–water partition coefficient (Wildman–Crippen LogP) is -0.0175. The summed E-state index contributed by atoms with van der Waals surface area (Å²) in [7, 11) is 1.27. The number of amides is 2. The predicted molar refractivity (Wildman–Crippen MR) is 109 cm³/mol. The first-order chi connectivity index (χ1) is 14.6. The molecule has 1 fully saturated rings. The zero-order valence-corrected chi connectivity index (χ0v) is 18.4. The van der Waals surface area contributed by atoms with Crippen LogP contribution in [0.25, 0.3) is 0 Å². The minimum Gasteiger partial charge on any atom is -0.371 e. The van der Waals surface area contributed by atoms with Gasteiger partial charge in [0.05, 0.1) is 19.2 Å². The van der Waals surface area contributed by atoms with Crippen LogP contribution in [-0.4, -0.2) is 73.1 Å². The summed E-state index contributed by atoms with van der Waals surface area (Å²) in [6, 6.07) is -0.480. The number of anilines is 1. The van der Waals surface area contributed by atoms with Crippen LogP contribution in [0.1, 0.15) is 33.0 Å². The lowest BCUT2D eigenvalue weighted by Gasteiger charge is -2.28. The molecule has 0 aromatic carbocycles. The number of ether oxygens (including phenoxy) is 2. The molecule has 2 unspecified atom stereocenters. The Morgan fingerprint density at radius 1 is 1.35 bits per heavy atom. The third kappa shape index (κ3) is 6.59. The highest BCUT2D eigenvalue weighted by Crippen LogP contribution is 2.29. The number of hydrogen-bond acceptors (Lipinski definition) is 9. The van der Waals surface area contributed by atoms with Crippen LogP contribution in [0, 0.1) is 12.8 Å². The van der Waals surface area contributed by atoms with E-state index in [-0.39, 0.29) is 24.1 Å². The zero-order chi connectivity index (χ0) is 23.2. The van der Waals surface area contributed by atoms with Crippen LogP contribution in [-0.2, 0) is 28.7 Å². The SMILES string of the molecule is COC(C(=O)CNC=O)[C@H](Nc1cc(C)on1)C(=O)N[C@@H](CC(C)C)C(=O)C1(C)CO1. The van der Waals surface area contributed by atoms with E-state index in [1.807, 2.05) is 13.8 Å². The van der Waals surface area contributed by atoms with E-state index in [9.17, 15) is 19.2 Å². The Kier molecular flexibility index (Phi) is 8.28. The largest absolute Gasteiger partial charge is 0.371 e. The highest BCUT2D eigenvalue weighted by molar-refractivity contribution is 6.00. The van der Waals surface area contributed by atoms with Gasteiger partial charge in [-0.1, -0.05) is 19.0 Å². The van der Waals surface area contributed by atoms with E-state index in [2.05, 4.69) is 21.1 Å². The van der Waals surface area contributed by atoms with E-state index in [0.717, 1.165) is 0 Å². The van der Waals surface area contributed by atoms with Gasteiger partial charge in [0.2, 0.25) is 12.3 Å². The average molecular weight is 438 g/mol. The van der Waals surface area contributed by atoms with E-state index >= 15 is 0 Å². The molecule has 1 aliphatic rings. The topological polar surface area (TPSA) is 152 Å². The second-order valence-corrected chi connectivity index (χ2v) is 8.14.